The van der Waals surface area contributed by atoms with E-state index in [1.54, 1.807) is 24.4 Å². The Kier molecular flexibility index (Phi) is 2.34. The Hall–Kier alpha value is -2.62. The second kappa shape index (κ2) is 4.00. The van der Waals surface area contributed by atoms with E-state index in [9.17, 15) is 9.90 Å². The first-order valence-corrected chi connectivity index (χ1v) is 5.40. The van der Waals surface area contributed by atoms with Gasteiger partial charge in [0.05, 0.1) is 17.1 Å². The molecule has 0 bridgehead atoms. The number of aromatic hydroxyl groups is 1. The van der Waals surface area contributed by atoms with Crippen LogP contribution >= 0.6 is 0 Å². The molecule has 3 aromatic rings. The first kappa shape index (κ1) is 10.5. The van der Waals surface area contributed by atoms with Gasteiger partial charge in [0.2, 0.25) is 5.43 Å². The molecule has 18 heavy (non-hydrogen) atoms. The lowest BCUT2D eigenvalue weighted by Crippen LogP contribution is -2.04. The molecule has 0 saturated carbocycles. The standard InChI is InChI=1S/C14H9NO3/c16-10-3-1-9(2-4-10)12-8-18-13-7-15-6-5-11(13)14(12)17/h1-8,16H. The molecule has 2 aromatic heterocycles. The minimum absolute atomic E-state index is 0.107. The summed E-state index contributed by atoms with van der Waals surface area (Å²) in [6.07, 6.45) is 4.48. The van der Waals surface area contributed by atoms with Crippen LogP contribution < -0.4 is 5.43 Å². The zero-order valence-electron chi connectivity index (χ0n) is 9.33. The van der Waals surface area contributed by atoms with E-state index in [2.05, 4.69) is 4.98 Å². The largest absolute Gasteiger partial charge is 0.508 e. The van der Waals surface area contributed by atoms with Crippen molar-refractivity contribution in [2.45, 2.75) is 0 Å². The van der Waals surface area contributed by atoms with Gasteiger partial charge in [-0.05, 0) is 23.8 Å². The van der Waals surface area contributed by atoms with E-state index in [0.29, 0.717) is 22.1 Å². The number of phenolic OH excluding ortho intramolecular Hbond substituents is 1. The summed E-state index contributed by atoms with van der Waals surface area (Å²) in [6, 6.07) is 8.05. The molecule has 0 saturated heterocycles. The number of nitrogens with zero attached hydrogens (tertiary/aromatic N) is 1. The molecule has 0 radical (unpaired) electrons. The molecule has 0 aliphatic heterocycles. The summed E-state index contributed by atoms with van der Waals surface area (Å²) in [5.74, 6) is 0.160. The van der Waals surface area contributed by atoms with Gasteiger partial charge in [0.1, 0.15) is 12.0 Å². The maximum absolute atomic E-state index is 12.3. The van der Waals surface area contributed by atoms with Crippen molar-refractivity contribution in [2.75, 3.05) is 0 Å². The van der Waals surface area contributed by atoms with Crippen molar-refractivity contribution >= 4 is 11.0 Å². The lowest BCUT2D eigenvalue weighted by molar-refractivity contribution is 0.475. The number of benzene rings is 1. The number of hydrogen-bond acceptors (Lipinski definition) is 4. The predicted molar refractivity (Wildman–Crippen MR) is 67.4 cm³/mol. The fourth-order valence-electron chi connectivity index (χ4n) is 1.82. The Morgan fingerprint density at radius 1 is 1.11 bits per heavy atom. The molecule has 0 fully saturated rings. The molecule has 0 atom stereocenters. The summed E-state index contributed by atoms with van der Waals surface area (Å²) in [6.45, 7) is 0. The highest BCUT2D eigenvalue weighted by molar-refractivity contribution is 5.80. The van der Waals surface area contributed by atoms with E-state index in [1.807, 2.05) is 0 Å². The fraction of sp³-hybridized carbons (Fsp3) is 0. The summed E-state index contributed by atoms with van der Waals surface area (Å²) in [7, 11) is 0. The third-order valence-electron chi connectivity index (χ3n) is 2.76. The topological polar surface area (TPSA) is 63.3 Å². The van der Waals surface area contributed by atoms with Crippen molar-refractivity contribution in [3.63, 3.8) is 0 Å². The van der Waals surface area contributed by atoms with Gasteiger partial charge in [-0.15, -0.1) is 0 Å². The molecule has 1 N–H and O–H groups in total. The van der Waals surface area contributed by atoms with Gasteiger partial charge < -0.3 is 9.52 Å². The van der Waals surface area contributed by atoms with E-state index >= 15 is 0 Å². The summed E-state index contributed by atoms with van der Waals surface area (Å²) < 4.78 is 5.38. The van der Waals surface area contributed by atoms with Crippen LogP contribution in [-0.4, -0.2) is 10.1 Å². The van der Waals surface area contributed by atoms with E-state index in [4.69, 9.17) is 4.42 Å². The van der Waals surface area contributed by atoms with Crippen LogP contribution in [0.5, 0.6) is 5.75 Å². The molecular weight excluding hydrogens is 230 g/mol. The van der Waals surface area contributed by atoms with Crippen LogP contribution in [0.4, 0.5) is 0 Å². The number of phenols is 1. The molecule has 3 rings (SSSR count). The summed E-state index contributed by atoms with van der Waals surface area (Å²) in [5.41, 5.74) is 1.53. The summed E-state index contributed by atoms with van der Waals surface area (Å²) in [4.78, 5) is 16.2. The molecule has 0 spiro atoms. The molecule has 88 valence electrons. The minimum Gasteiger partial charge on any atom is -0.508 e. The van der Waals surface area contributed by atoms with Gasteiger partial charge in [-0.2, -0.15) is 0 Å². The van der Waals surface area contributed by atoms with Gasteiger partial charge in [0.25, 0.3) is 0 Å². The van der Waals surface area contributed by atoms with Crippen molar-refractivity contribution < 1.29 is 9.52 Å². The van der Waals surface area contributed by atoms with Gasteiger partial charge in [-0.25, -0.2) is 0 Å². The molecule has 0 amide bonds. The normalized spacial score (nSPS) is 10.7. The monoisotopic (exact) mass is 239 g/mol. The first-order valence-electron chi connectivity index (χ1n) is 5.40. The van der Waals surface area contributed by atoms with Crippen LogP contribution in [0.25, 0.3) is 22.1 Å². The Labute approximate surface area is 102 Å². The lowest BCUT2D eigenvalue weighted by atomic mass is 10.1. The molecule has 2 heterocycles. The number of rotatable bonds is 1. The maximum Gasteiger partial charge on any atom is 0.200 e. The molecule has 0 aliphatic rings. The fourth-order valence-corrected chi connectivity index (χ4v) is 1.82. The van der Waals surface area contributed by atoms with Crippen molar-refractivity contribution in [3.8, 4) is 16.9 Å². The number of pyridine rings is 1. The average molecular weight is 239 g/mol. The van der Waals surface area contributed by atoms with Crippen LogP contribution in [0.2, 0.25) is 0 Å². The second-order valence-electron chi connectivity index (χ2n) is 3.90. The number of hydrogen-bond donors (Lipinski definition) is 1. The zero-order valence-corrected chi connectivity index (χ0v) is 9.33. The summed E-state index contributed by atoms with van der Waals surface area (Å²) in [5, 5.41) is 9.73. The SMILES string of the molecule is O=c1c(-c2ccc(O)cc2)coc2cnccc12. The average Bonchev–Trinajstić information content (AvgIpc) is 2.41. The highest BCUT2D eigenvalue weighted by Crippen LogP contribution is 2.21. The van der Waals surface area contributed by atoms with Crippen LogP contribution in [0.3, 0.4) is 0 Å². The zero-order chi connectivity index (χ0) is 12.5. The Morgan fingerprint density at radius 3 is 2.67 bits per heavy atom. The predicted octanol–water partition coefficient (Wildman–Crippen LogP) is 2.56. The van der Waals surface area contributed by atoms with E-state index < -0.39 is 0 Å². The molecule has 1 aromatic carbocycles. The van der Waals surface area contributed by atoms with Crippen molar-refractivity contribution in [1.82, 2.24) is 4.98 Å². The molecule has 4 heteroatoms. The smallest absolute Gasteiger partial charge is 0.200 e. The van der Waals surface area contributed by atoms with Gasteiger partial charge in [-0.1, -0.05) is 12.1 Å². The van der Waals surface area contributed by atoms with E-state index in [0.717, 1.165) is 0 Å². The van der Waals surface area contributed by atoms with Gasteiger partial charge in [-0.3, -0.25) is 9.78 Å². The van der Waals surface area contributed by atoms with Crippen LogP contribution in [0.1, 0.15) is 0 Å². The van der Waals surface area contributed by atoms with Gasteiger partial charge >= 0.3 is 0 Å². The lowest BCUT2D eigenvalue weighted by Gasteiger charge is -2.02. The highest BCUT2D eigenvalue weighted by Gasteiger charge is 2.08. The molecule has 0 unspecified atom stereocenters. The quantitative estimate of drug-likeness (QED) is 0.708. The molecular formula is C14H9NO3. The first-order chi connectivity index (χ1) is 8.75. The Morgan fingerprint density at radius 2 is 1.89 bits per heavy atom. The second-order valence-corrected chi connectivity index (χ2v) is 3.90. The van der Waals surface area contributed by atoms with Crippen molar-refractivity contribution in [3.05, 3.63) is 59.2 Å². The van der Waals surface area contributed by atoms with Crippen LogP contribution in [0, 0.1) is 0 Å². The number of fused-ring (bicyclic) bond motifs is 1. The minimum atomic E-state index is -0.107. The van der Waals surface area contributed by atoms with Crippen molar-refractivity contribution in [2.24, 2.45) is 0 Å². The maximum atomic E-state index is 12.3. The van der Waals surface area contributed by atoms with Gasteiger partial charge in [0.15, 0.2) is 5.58 Å². The highest BCUT2D eigenvalue weighted by atomic mass is 16.3. The summed E-state index contributed by atoms with van der Waals surface area (Å²) >= 11 is 0. The molecule has 4 nitrogen and oxygen atoms in total. The van der Waals surface area contributed by atoms with Crippen molar-refractivity contribution in [1.29, 1.82) is 0 Å². The van der Waals surface area contributed by atoms with E-state index in [1.165, 1.54) is 24.6 Å². The van der Waals surface area contributed by atoms with Crippen LogP contribution in [0.15, 0.2) is 58.2 Å². The number of aromatic nitrogens is 1. The van der Waals surface area contributed by atoms with Crippen LogP contribution in [-0.2, 0) is 0 Å². The van der Waals surface area contributed by atoms with E-state index in [-0.39, 0.29) is 11.2 Å². The third-order valence-corrected chi connectivity index (χ3v) is 2.76. The third kappa shape index (κ3) is 1.64. The Balaban J connectivity index is 2.27. The molecule has 0 aliphatic carbocycles. The Bertz CT molecular complexity index is 760. The van der Waals surface area contributed by atoms with Gasteiger partial charge in [0, 0.05) is 6.20 Å².